The van der Waals surface area contributed by atoms with Gasteiger partial charge in [0.15, 0.2) is 6.29 Å². The fraction of sp³-hybridized carbons (Fsp3) is 0.976. The number of nitrogens with zero attached hydrogens (tertiary/aromatic N) is 2. The SMILES string of the molecule is CCO[C@@H]([C@H]1C[C@@H](C)[C@H]2[C@H](O1)[C@H](O)[C@@]1(C)[C@@H]3CC[C@H]4C(C)(C)[C@@H](O[C@H]5CN(CCN6CCOC6=O)CCO5)CC[C@@]45C[C@@]35CC[C@]21C)C(C)(C)O. The van der Waals surface area contributed by atoms with E-state index in [-0.39, 0.29) is 52.4 Å². The lowest BCUT2D eigenvalue weighted by atomic mass is 9.41. The van der Waals surface area contributed by atoms with Gasteiger partial charge in [0.25, 0.3) is 0 Å². The molecule has 5 aliphatic carbocycles. The standard InChI is InChI=1S/C41H68N2O8/c1-9-47-34(37(5,6)46)26-22-25(2)31-32(50-26)33(44)39(8)28-11-10-27-36(3,4)29(12-13-40(27)24-41(28,40)15-14-38(31,39)7)51-30-23-42(18-20-48-30)16-17-43-19-21-49-35(43)45/h25-34,44,46H,9-24H2,1-8H3/t25-,26-,27+,28+,29+,30+,31+,32+,33+,34+,38-,39-,40-,41+/m1/s1. The van der Waals surface area contributed by atoms with Crippen LogP contribution in [0.25, 0.3) is 0 Å². The maximum atomic E-state index is 12.6. The van der Waals surface area contributed by atoms with Crippen LogP contribution in [0, 0.1) is 50.7 Å². The van der Waals surface area contributed by atoms with Gasteiger partial charge < -0.3 is 38.8 Å². The molecule has 5 saturated carbocycles. The minimum Gasteiger partial charge on any atom is -0.448 e. The van der Waals surface area contributed by atoms with Crippen molar-refractivity contribution in [2.24, 2.45) is 50.7 Å². The number of aliphatic hydroxyl groups excluding tert-OH is 1. The molecule has 1 amide bonds. The Morgan fingerprint density at radius 2 is 1.75 bits per heavy atom. The van der Waals surface area contributed by atoms with Crippen LogP contribution in [-0.4, -0.2) is 121 Å². The van der Waals surface area contributed by atoms with E-state index >= 15 is 0 Å². The lowest BCUT2D eigenvalue weighted by molar-refractivity contribution is -0.248. The number of hydrogen-bond donors (Lipinski definition) is 2. The van der Waals surface area contributed by atoms with Gasteiger partial charge in [-0.1, -0.05) is 34.6 Å². The third kappa shape index (κ3) is 5.29. The summed E-state index contributed by atoms with van der Waals surface area (Å²) in [4.78, 5) is 16.1. The van der Waals surface area contributed by atoms with Gasteiger partial charge >= 0.3 is 6.09 Å². The van der Waals surface area contributed by atoms with E-state index in [0.717, 1.165) is 45.3 Å². The number of carbonyl (C=O) groups is 1. The summed E-state index contributed by atoms with van der Waals surface area (Å²) in [7, 11) is 0. The van der Waals surface area contributed by atoms with E-state index in [1.165, 1.54) is 25.7 Å². The molecular weight excluding hydrogens is 648 g/mol. The van der Waals surface area contributed by atoms with Gasteiger partial charge in [-0.05, 0) is 117 Å². The van der Waals surface area contributed by atoms with Crippen LogP contribution in [0.2, 0.25) is 0 Å². The first-order valence-electron chi connectivity index (χ1n) is 20.6. The molecule has 3 heterocycles. The van der Waals surface area contributed by atoms with Crippen molar-refractivity contribution in [3.8, 4) is 0 Å². The van der Waals surface area contributed by atoms with Crippen LogP contribution in [0.4, 0.5) is 4.79 Å². The summed E-state index contributed by atoms with van der Waals surface area (Å²) in [5.41, 5.74) is -0.632. The predicted octanol–water partition coefficient (Wildman–Crippen LogP) is 5.47. The molecule has 0 unspecified atom stereocenters. The molecule has 3 aliphatic heterocycles. The van der Waals surface area contributed by atoms with Crippen LogP contribution in [0.5, 0.6) is 0 Å². The number of aliphatic hydroxyl groups is 2. The zero-order valence-electron chi connectivity index (χ0n) is 32.8. The van der Waals surface area contributed by atoms with E-state index in [2.05, 4.69) is 39.5 Å². The van der Waals surface area contributed by atoms with Crippen molar-refractivity contribution >= 4 is 6.09 Å². The van der Waals surface area contributed by atoms with Crippen molar-refractivity contribution in [3.05, 3.63) is 0 Å². The molecule has 2 spiro atoms. The van der Waals surface area contributed by atoms with E-state index in [4.69, 9.17) is 23.7 Å². The van der Waals surface area contributed by atoms with Crippen molar-refractivity contribution in [2.45, 2.75) is 149 Å². The number of cyclic esters (lactones) is 1. The second-order valence-electron chi connectivity index (χ2n) is 19.9. The minimum atomic E-state index is -1.02. The van der Waals surface area contributed by atoms with Crippen LogP contribution in [0.3, 0.4) is 0 Å². The first-order valence-corrected chi connectivity index (χ1v) is 20.6. The van der Waals surface area contributed by atoms with Crippen LogP contribution in [0.15, 0.2) is 0 Å². The van der Waals surface area contributed by atoms with Crippen LogP contribution in [-0.2, 0) is 23.7 Å². The lowest BCUT2D eigenvalue weighted by Gasteiger charge is -2.64. The molecule has 8 aliphatic rings. The first kappa shape index (κ1) is 36.9. The molecule has 0 aromatic carbocycles. The smallest absolute Gasteiger partial charge is 0.409 e. The molecule has 0 radical (unpaired) electrons. The fourth-order valence-electron chi connectivity index (χ4n) is 14.7. The molecule has 0 aromatic rings. The normalized spacial score (nSPS) is 49.6. The maximum Gasteiger partial charge on any atom is 0.409 e. The number of carbonyl (C=O) groups excluding carboxylic acids is 1. The maximum absolute atomic E-state index is 12.6. The highest BCUT2D eigenvalue weighted by atomic mass is 16.7. The van der Waals surface area contributed by atoms with E-state index in [0.29, 0.717) is 62.0 Å². The number of fused-ring (bicyclic) bond motifs is 4. The Balaban J connectivity index is 0.976. The van der Waals surface area contributed by atoms with Crippen LogP contribution in [0.1, 0.15) is 107 Å². The van der Waals surface area contributed by atoms with Gasteiger partial charge in [0.1, 0.15) is 12.7 Å². The first-order chi connectivity index (χ1) is 24.0. The molecule has 8 fully saturated rings. The number of rotatable bonds is 9. The molecule has 10 nitrogen and oxygen atoms in total. The minimum absolute atomic E-state index is 0.00103. The van der Waals surface area contributed by atoms with Gasteiger partial charge in [-0.25, -0.2) is 4.79 Å². The summed E-state index contributed by atoms with van der Waals surface area (Å²) in [6.45, 7) is 23.3. The molecule has 290 valence electrons. The summed E-state index contributed by atoms with van der Waals surface area (Å²) in [6, 6.07) is 0. The molecule has 51 heavy (non-hydrogen) atoms. The second kappa shape index (κ2) is 12.5. The van der Waals surface area contributed by atoms with Crippen LogP contribution >= 0.6 is 0 Å². The zero-order chi connectivity index (χ0) is 36.4. The summed E-state index contributed by atoms with van der Waals surface area (Å²) in [6.07, 6.45) is 7.39. The van der Waals surface area contributed by atoms with Crippen molar-refractivity contribution in [1.29, 1.82) is 0 Å². The predicted molar refractivity (Wildman–Crippen MR) is 192 cm³/mol. The summed E-state index contributed by atoms with van der Waals surface area (Å²) in [5.74, 6) is 1.74. The molecule has 3 saturated heterocycles. The molecule has 2 N–H and O–H groups in total. The van der Waals surface area contributed by atoms with Crippen molar-refractivity contribution in [1.82, 2.24) is 9.80 Å². The Morgan fingerprint density at radius 1 is 1.00 bits per heavy atom. The van der Waals surface area contributed by atoms with Gasteiger partial charge in [0.2, 0.25) is 0 Å². The summed E-state index contributed by atoms with van der Waals surface area (Å²) in [5, 5.41) is 23.7. The molecular formula is C41H68N2O8. The zero-order valence-corrected chi connectivity index (χ0v) is 32.8. The van der Waals surface area contributed by atoms with Gasteiger partial charge in [-0.3, -0.25) is 4.90 Å². The quantitative estimate of drug-likeness (QED) is 0.321. The highest BCUT2D eigenvalue weighted by Crippen LogP contribution is 2.89. The average Bonchev–Trinajstić information content (AvgIpc) is 3.49. The number of morpholine rings is 1. The van der Waals surface area contributed by atoms with Gasteiger partial charge in [-0.2, -0.15) is 0 Å². The lowest BCUT2D eigenvalue weighted by Crippen LogP contribution is -2.60. The van der Waals surface area contributed by atoms with E-state index < -0.39 is 17.8 Å². The summed E-state index contributed by atoms with van der Waals surface area (Å²) < 4.78 is 31.4. The van der Waals surface area contributed by atoms with E-state index in [9.17, 15) is 15.0 Å². The molecule has 0 bridgehead atoms. The number of ether oxygens (including phenoxy) is 5. The van der Waals surface area contributed by atoms with Gasteiger partial charge in [0.05, 0.1) is 43.2 Å². The highest BCUT2D eigenvalue weighted by Gasteiger charge is 2.84. The van der Waals surface area contributed by atoms with Crippen molar-refractivity contribution in [2.75, 3.05) is 52.5 Å². The Hall–Kier alpha value is -1.01. The Kier molecular flexibility index (Phi) is 9.06. The third-order valence-electron chi connectivity index (χ3n) is 17.1. The number of hydrogen-bond acceptors (Lipinski definition) is 9. The van der Waals surface area contributed by atoms with E-state index in [1.54, 1.807) is 4.90 Å². The molecule has 0 aromatic heterocycles. The van der Waals surface area contributed by atoms with Crippen molar-refractivity contribution < 1.29 is 38.7 Å². The molecule has 14 atom stereocenters. The average molecular weight is 717 g/mol. The van der Waals surface area contributed by atoms with E-state index in [1.807, 2.05) is 20.8 Å². The second-order valence-corrected chi connectivity index (χ2v) is 19.9. The van der Waals surface area contributed by atoms with Gasteiger partial charge in [-0.15, -0.1) is 0 Å². The number of amides is 1. The fourth-order valence-corrected chi connectivity index (χ4v) is 14.7. The molecule has 10 heteroatoms. The Labute approximate surface area is 306 Å². The molecule has 8 rings (SSSR count). The van der Waals surface area contributed by atoms with Gasteiger partial charge in [0, 0.05) is 38.2 Å². The monoisotopic (exact) mass is 716 g/mol. The topological polar surface area (TPSA) is 110 Å². The summed E-state index contributed by atoms with van der Waals surface area (Å²) >= 11 is 0. The highest BCUT2D eigenvalue weighted by molar-refractivity contribution is 5.69. The Bertz CT molecular complexity index is 1340. The van der Waals surface area contributed by atoms with Crippen molar-refractivity contribution in [3.63, 3.8) is 0 Å². The Morgan fingerprint density at radius 3 is 2.45 bits per heavy atom. The largest absolute Gasteiger partial charge is 0.448 e. The third-order valence-corrected chi connectivity index (χ3v) is 17.1. The van der Waals surface area contributed by atoms with Crippen LogP contribution < -0.4 is 0 Å².